The zero-order valence-electron chi connectivity index (χ0n) is 13.5. The number of nitrogens with two attached hydrogens (primary N) is 1. The zero-order valence-corrected chi connectivity index (χ0v) is 13.5. The molecule has 0 saturated carbocycles. The topological polar surface area (TPSA) is 45.4 Å². The molecule has 0 fully saturated rings. The molecule has 0 radical (unpaired) electrons. The van der Waals surface area contributed by atoms with Gasteiger partial charge in [0.1, 0.15) is 5.82 Å². The minimum Gasteiger partial charge on any atom is -0.357 e. The summed E-state index contributed by atoms with van der Waals surface area (Å²) < 4.78 is 0. The fourth-order valence-corrected chi connectivity index (χ4v) is 2.31. The normalized spacial score (nSPS) is 12.7. The van der Waals surface area contributed by atoms with Gasteiger partial charge in [0, 0.05) is 25.3 Å². The van der Waals surface area contributed by atoms with Crippen molar-refractivity contribution in [2.24, 2.45) is 5.73 Å². The van der Waals surface area contributed by atoms with Crippen LogP contribution in [0.3, 0.4) is 0 Å². The van der Waals surface area contributed by atoms with Crippen LogP contribution in [0.2, 0.25) is 0 Å². The van der Waals surface area contributed by atoms with Crippen LogP contribution in [0.1, 0.15) is 45.7 Å². The van der Waals surface area contributed by atoms with Gasteiger partial charge < -0.3 is 15.5 Å². The molecule has 114 valence electrons. The first-order chi connectivity index (χ1) is 9.62. The molecule has 0 spiro atoms. The second-order valence-corrected chi connectivity index (χ2v) is 5.20. The SMILES string of the molecule is CCN(CC)CCCN(CC)c1ccc([C@@H](C)N)cn1. The van der Waals surface area contributed by atoms with E-state index < -0.39 is 0 Å². The van der Waals surface area contributed by atoms with Gasteiger partial charge in [0.25, 0.3) is 0 Å². The van der Waals surface area contributed by atoms with Crippen molar-refractivity contribution in [1.82, 2.24) is 9.88 Å². The average molecular weight is 278 g/mol. The number of nitrogens with zero attached hydrogens (tertiary/aromatic N) is 3. The van der Waals surface area contributed by atoms with E-state index in [1.807, 2.05) is 13.1 Å². The van der Waals surface area contributed by atoms with Gasteiger partial charge in [0.15, 0.2) is 0 Å². The molecule has 4 nitrogen and oxygen atoms in total. The Balaban J connectivity index is 2.53. The van der Waals surface area contributed by atoms with Crippen LogP contribution in [0.5, 0.6) is 0 Å². The smallest absolute Gasteiger partial charge is 0.128 e. The van der Waals surface area contributed by atoms with Crippen molar-refractivity contribution in [3.05, 3.63) is 23.9 Å². The van der Waals surface area contributed by atoms with E-state index >= 15 is 0 Å². The Morgan fingerprint density at radius 2 is 1.80 bits per heavy atom. The van der Waals surface area contributed by atoms with Crippen LogP contribution < -0.4 is 10.6 Å². The number of hydrogen-bond acceptors (Lipinski definition) is 4. The van der Waals surface area contributed by atoms with Crippen LogP contribution in [0.15, 0.2) is 18.3 Å². The molecule has 1 heterocycles. The Bertz CT molecular complexity index is 357. The summed E-state index contributed by atoms with van der Waals surface area (Å²) in [5.41, 5.74) is 6.95. The molecule has 0 unspecified atom stereocenters. The summed E-state index contributed by atoms with van der Waals surface area (Å²) >= 11 is 0. The van der Waals surface area contributed by atoms with Gasteiger partial charge in [-0.3, -0.25) is 0 Å². The maximum Gasteiger partial charge on any atom is 0.128 e. The molecule has 0 aliphatic carbocycles. The van der Waals surface area contributed by atoms with Crippen LogP contribution in [-0.4, -0.2) is 42.6 Å². The van der Waals surface area contributed by atoms with Gasteiger partial charge in [-0.1, -0.05) is 19.9 Å². The van der Waals surface area contributed by atoms with Crippen molar-refractivity contribution in [2.75, 3.05) is 37.6 Å². The van der Waals surface area contributed by atoms with E-state index in [1.165, 1.54) is 6.42 Å². The molecule has 0 aliphatic rings. The molecular formula is C16H30N4. The Morgan fingerprint density at radius 3 is 2.25 bits per heavy atom. The summed E-state index contributed by atoms with van der Waals surface area (Å²) in [6.07, 6.45) is 3.07. The number of pyridine rings is 1. The number of anilines is 1. The lowest BCUT2D eigenvalue weighted by atomic mass is 10.1. The molecule has 4 heteroatoms. The third-order valence-electron chi connectivity index (χ3n) is 3.80. The molecule has 0 amide bonds. The van der Waals surface area contributed by atoms with Gasteiger partial charge in [-0.05, 0) is 51.5 Å². The van der Waals surface area contributed by atoms with Crippen LogP contribution in [-0.2, 0) is 0 Å². The molecule has 20 heavy (non-hydrogen) atoms. The molecule has 0 bridgehead atoms. The highest BCUT2D eigenvalue weighted by atomic mass is 15.2. The minimum atomic E-state index is 0.0503. The summed E-state index contributed by atoms with van der Waals surface area (Å²) in [6.45, 7) is 14.1. The van der Waals surface area contributed by atoms with Crippen LogP contribution >= 0.6 is 0 Å². The summed E-state index contributed by atoms with van der Waals surface area (Å²) in [7, 11) is 0. The highest BCUT2D eigenvalue weighted by Gasteiger charge is 2.07. The van der Waals surface area contributed by atoms with E-state index in [-0.39, 0.29) is 6.04 Å². The molecule has 0 saturated heterocycles. The lowest BCUT2D eigenvalue weighted by Crippen LogP contribution is -2.30. The maximum absolute atomic E-state index is 5.86. The van der Waals surface area contributed by atoms with Crippen molar-refractivity contribution >= 4 is 5.82 Å². The van der Waals surface area contributed by atoms with Gasteiger partial charge in [-0.15, -0.1) is 0 Å². The van der Waals surface area contributed by atoms with E-state index in [0.29, 0.717) is 0 Å². The first kappa shape index (κ1) is 16.9. The van der Waals surface area contributed by atoms with Gasteiger partial charge in [-0.25, -0.2) is 4.98 Å². The number of rotatable bonds is 9. The van der Waals surface area contributed by atoms with Crippen molar-refractivity contribution in [3.63, 3.8) is 0 Å². The van der Waals surface area contributed by atoms with Crippen molar-refractivity contribution in [3.8, 4) is 0 Å². The average Bonchev–Trinajstić information content (AvgIpc) is 2.48. The standard InChI is InChI=1S/C16H30N4/c1-5-19(6-2)11-8-12-20(7-3)16-10-9-15(13-18-16)14(4)17/h9-10,13-14H,5-8,11-12,17H2,1-4H3/t14-/m1/s1. The van der Waals surface area contributed by atoms with Gasteiger partial charge in [0.2, 0.25) is 0 Å². The van der Waals surface area contributed by atoms with E-state index in [4.69, 9.17) is 5.73 Å². The maximum atomic E-state index is 5.86. The van der Waals surface area contributed by atoms with E-state index in [2.05, 4.69) is 47.7 Å². The largest absolute Gasteiger partial charge is 0.357 e. The van der Waals surface area contributed by atoms with Crippen LogP contribution in [0.4, 0.5) is 5.82 Å². The summed E-state index contributed by atoms with van der Waals surface area (Å²) in [6, 6.07) is 4.22. The van der Waals surface area contributed by atoms with Gasteiger partial charge >= 0.3 is 0 Å². The van der Waals surface area contributed by atoms with Crippen molar-refractivity contribution in [2.45, 2.75) is 40.2 Å². The Hall–Kier alpha value is -1.13. The number of aromatic nitrogens is 1. The molecule has 1 rings (SSSR count). The molecule has 0 aliphatic heterocycles. The van der Waals surface area contributed by atoms with E-state index in [1.54, 1.807) is 0 Å². The predicted octanol–water partition coefficient (Wildman–Crippen LogP) is 2.66. The first-order valence-electron chi connectivity index (χ1n) is 7.81. The highest BCUT2D eigenvalue weighted by Crippen LogP contribution is 2.14. The minimum absolute atomic E-state index is 0.0503. The fourth-order valence-electron chi connectivity index (χ4n) is 2.31. The third-order valence-corrected chi connectivity index (χ3v) is 3.80. The van der Waals surface area contributed by atoms with Gasteiger partial charge in [-0.2, -0.15) is 0 Å². The Morgan fingerprint density at radius 1 is 1.10 bits per heavy atom. The second-order valence-electron chi connectivity index (χ2n) is 5.20. The predicted molar refractivity (Wildman–Crippen MR) is 87.1 cm³/mol. The van der Waals surface area contributed by atoms with Gasteiger partial charge in [0.05, 0.1) is 0 Å². The van der Waals surface area contributed by atoms with Crippen molar-refractivity contribution in [1.29, 1.82) is 0 Å². The highest BCUT2D eigenvalue weighted by molar-refractivity contribution is 5.39. The monoisotopic (exact) mass is 278 g/mol. The first-order valence-corrected chi connectivity index (χ1v) is 7.81. The molecule has 1 atom stereocenters. The summed E-state index contributed by atoms with van der Waals surface area (Å²) in [5, 5.41) is 0. The lowest BCUT2D eigenvalue weighted by molar-refractivity contribution is 0.300. The van der Waals surface area contributed by atoms with Crippen molar-refractivity contribution < 1.29 is 0 Å². The molecular weight excluding hydrogens is 248 g/mol. The Labute approximate surface area is 124 Å². The number of hydrogen-bond donors (Lipinski definition) is 1. The second kappa shape index (κ2) is 8.93. The van der Waals surface area contributed by atoms with E-state index in [0.717, 1.165) is 44.1 Å². The zero-order chi connectivity index (χ0) is 15.0. The van der Waals surface area contributed by atoms with E-state index in [9.17, 15) is 0 Å². The molecule has 1 aromatic rings. The molecule has 2 N–H and O–H groups in total. The summed E-state index contributed by atoms with van der Waals surface area (Å²) in [4.78, 5) is 9.33. The quantitative estimate of drug-likeness (QED) is 0.754. The van der Waals surface area contributed by atoms with Crippen LogP contribution in [0, 0.1) is 0 Å². The fraction of sp³-hybridized carbons (Fsp3) is 0.688. The van der Waals surface area contributed by atoms with Crippen LogP contribution in [0.25, 0.3) is 0 Å². The summed E-state index contributed by atoms with van der Waals surface area (Å²) in [5.74, 6) is 1.05. The third kappa shape index (κ3) is 5.10. The lowest BCUT2D eigenvalue weighted by Gasteiger charge is -2.24. The Kier molecular flexibility index (Phi) is 7.55. The molecule has 0 aromatic carbocycles. The molecule has 1 aromatic heterocycles.